The first kappa shape index (κ1) is 18.1. The zero-order chi connectivity index (χ0) is 19.7. The average Bonchev–Trinajstić information content (AvgIpc) is 2.68. The number of benzene rings is 1. The molecule has 0 radical (unpaired) electrons. The Labute approximate surface area is 162 Å². The number of fused-ring (bicyclic) bond motifs is 1. The van der Waals surface area contributed by atoms with Gasteiger partial charge in [0, 0.05) is 11.6 Å². The summed E-state index contributed by atoms with van der Waals surface area (Å²) in [6.07, 6.45) is 4.11. The van der Waals surface area contributed by atoms with Crippen molar-refractivity contribution in [3.8, 4) is 22.8 Å². The molecule has 0 unspecified atom stereocenters. The van der Waals surface area contributed by atoms with E-state index >= 15 is 0 Å². The lowest BCUT2D eigenvalue weighted by Crippen LogP contribution is -2.17. The van der Waals surface area contributed by atoms with Crippen molar-refractivity contribution in [2.24, 2.45) is 0 Å². The molecule has 0 fully saturated rings. The second-order valence-electron chi connectivity index (χ2n) is 5.69. The predicted molar refractivity (Wildman–Crippen MR) is 95.6 cm³/mol. The Hall–Kier alpha value is -3.33. The number of halogens is 3. The number of anilines is 1. The van der Waals surface area contributed by atoms with Gasteiger partial charge in [-0.3, -0.25) is 14.8 Å². The van der Waals surface area contributed by atoms with Crippen LogP contribution >= 0.6 is 11.6 Å². The second-order valence-corrected chi connectivity index (χ2v) is 6.10. The van der Waals surface area contributed by atoms with Gasteiger partial charge < -0.3 is 14.8 Å². The first-order valence-corrected chi connectivity index (χ1v) is 8.42. The topological polar surface area (TPSA) is 86.2 Å². The average molecular weight is 405 g/mol. The van der Waals surface area contributed by atoms with Crippen molar-refractivity contribution < 1.29 is 23.0 Å². The zero-order valence-electron chi connectivity index (χ0n) is 14.1. The summed E-state index contributed by atoms with van der Waals surface area (Å²) in [4.78, 5) is 23.7. The molecule has 3 aromatic rings. The molecule has 1 aliphatic heterocycles. The number of rotatable bonds is 3. The molecule has 0 atom stereocenters. The van der Waals surface area contributed by atoms with Crippen molar-refractivity contribution in [3.05, 3.63) is 59.1 Å². The summed E-state index contributed by atoms with van der Waals surface area (Å²) in [7, 11) is 0. The summed E-state index contributed by atoms with van der Waals surface area (Å²) >= 11 is 6.27. The van der Waals surface area contributed by atoms with E-state index in [-0.39, 0.29) is 5.82 Å². The van der Waals surface area contributed by atoms with E-state index in [0.717, 1.165) is 12.4 Å². The monoisotopic (exact) mass is 404 g/mol. The molecule has 0 bridgehead atoms. The van der Waals surface area contributed by atoms with E-state index in [1.807, 2.05) is 0 Å². The molecule has 7 nitrogen and oxygen atoms in total. The van der Waals surface area contributed by atoms with Crippen molar-refractivity contribution in [1.82, 2.24) is 15.0 Å². The minimum Gasteiger partial charge on any atom is -0.486 e. The summed E-state index contributed by atoms with van der Waals surface area (Å²) in [6.45, 7) is 0.863. The standard InChI is InChI=1S/C18H11ClF2N4O3/c19-10-4-15-14(27-1-2-28-15)3-9(10)13-7-24-16(8-23-13)25-18(26)17-11(20)5-22-6-12(17)21/h3-8H,1-2H2,(H,24,25,26). The van der Waals surface area contributed by atoms with Crippen molar-refractivity contribution >= 4 is 23.3 Å². The van der Waals surface area contributed by atoms with E-state index in [4.69, 9.17) is 21.1 Å². The summed E-state index contributed by atoms with van der Waals surface area (Å²) in [5, 5.41) is 2.67. The van der Waals surface area contributed by atoms with Gasteiger partial charge in [-0.05, 0) is 6.07 Å². The molecule has 2 aromatic heterocycles. The van der Waals surface area contributed by atoms with E-state index in [2.05, 4.69) is 20.3 Å². The number of amides is 1. The third-order valence-electron chi connectivity index (χ3n) is 3.88. The molecule has 0 saturated heterocycles. The van der Waals surface area contributed by atoms with Crippen LogP contribution in [-0.2, 0) is 0 Å². The van der Waals surface area contributed by atoms with Crippen molar-refractivity contribution in [1.29, 1.82) is 0 Å². The van der Waals surface area contributed by atoms with Gasteiger partial charge >= 0.3 is 0 Å². The third-order valence-corrected chi connectivity index (χ3v) is 4.19. The van der Waals surface area contributed by atoms with Gasteiger partial charge in [-0.15, -0.1) is 0 Å². The maximum atomic E-state index is 13.6. The first-order valence-electron chi connectivity index (χ1n) is 8.05. The van der Waals surface area contributed by atoms with Crippen LogP contribution in [0.3, 0.4) is 0 Å². The largest absolute Gasteiger partial charge is 0.486 e. The Bertz CT molecular complexity index is 1040. The van der Waals surface area contributed by atoms with E-state index in [0.29, 0.717) is 41.0 Å². The fraction of sp³-hybridized carbons (Fsp3) is 0.111. The highest BCUT2D eigenvalue weighted by Crippen LogP contribution is 2.39. The molecule has 1 amide bonds. The van der Waals surface area contributed by atoms with Gasteiger partial charge in [0.1, 0.15) is 18.8 Å². The Balaban J connectivity index is 1.57. The third kappa shape index (κ3) is 3.44. The molecule has 0 spiro atoms. The van der Waals surface area contributed by atoms with Crippen LogP contribution in [0.25, 0.3) is 11.3 Å². The second kappa shape index (κ2) is 7.35. The number of hydrogen-bond acceptors (Lipinski definition) is 6. The minimum absolute atomic E-state index is 0.0121. The van der Waals surface area contributed by atoms with Gasteiger partial charge in [0.2, 0.25) is 0 Å². The number of hydrogen-bond donors (Lipinski definition) is 1. The highest BCUT2D eigenvalue weighted by Gasteiger charge is 2.19. The predicted octanol–water partition coefficient (Wildman–Crippen LogP) is 3.49. The van der Waals surface area contributed by atoms with Crippen LogP contribution in [0.15, 0.2) is 36.9 Å². The number of aromatic nitrogens is 3. The van der Waals surface area contributed by atoms with Crippen LogP contribution < -0.4 is 14.8 Å². The lowest BCUT2D eigenvalue weighted by molar-refractivity contribution is 0.101. The Kier molecular flexibility index (Phi) is 4.74. The quantitative estimate of drug-likeness (QED) is 0.719. The highest BCUT2D eigenvalue weighted by atomic mass is 35.5. The van der Waals surface area contributed by atoms with Crippen molar-refractivity contribution in [2.45, 2.75) is 0 Å². The first-order chi connectivity index (χ1) is 13.5. The fourth-order valence-corrected chi connectivity index (χ4v) is 2.85. The Morgan fingerprint density at radius 2 is 1.68 bits per heavy atom. The number of nitrogens with zero attached hydrogens (tertiary/aromatic N) is 3. The molecule has 28 heavy (non-hydrogen) atoms. The minimum atomic E-state index is -1.08. The van der Waals surface area contributed by atoms with E-state index < -0.39 is 23.1 Å². The molecule has 142 valence electrons. The van der Waals surface area contributed by atoms with Crippen LogP contribution in [0.2, 0.25) is 5.02 Å². The van der Waals surface area contributed by atoms with Gasteiger partial charge in [0.25, 0.3) is 5.91 Å². The van der Waals surface area contributed by atoms with Gasteiger partial charge in [0.05, 0.1) is 35.5 Å². The lowest BCUT2D eigenvalue weighted by atomic mass is 10.1. The highest BCUT2D eigenvalue weighted by molar-refractivity contribution is 6.33. The van der Waals surface area contributed by atoms with E-state index in [9.17, 15) is 13.6 Å². The molecule has 1 N–H and O–H groups in total. The van der Waals surface area contributed by atoms with Gasteiger partial charge in [0.15, 0.2) is 29.0 Å². The number of ether oxygens (including phenoxy) is 2. The molecular weight excluding hydrogens is 394 g/mol. The maximum Gasteiger partial charge on any atom is 0.262 e. The van der Waals surface area contributed by atoms with Crippen LogP contribution in [0.1, 0.15) is 10.4 Å². The maximum absolute atomic E-state index is 13.6. The molecule has 0 saturated carbocycles. The number of nitrogens with one attached hydrogen (secondary N) is 1. The normalized spacial score (nSPS) is 12.5. The van der Waals surface area contributed by atoms with Crippen LogP contribution in [0, 0.1) is 11.6 Å². The van der Waals surface area contributed by atoms with Crippen LogP contribution in [0.5, 0.6) is 11.5 Å². The van der Waals surface area contributed by atoms with Crippen molar-refractivity contribution in [2.75, 3.05) is 18.5 Å². The number of carbonyl (C=O) groups is 1. The van der Waals surface area contributed by atoms with E-state index in [1.54, 1.807) is 12.1 Å². The molecule has 10 heteroatoms. The Morgan fingerprint density at radius 3 is 2.32 bits per heavy atom. The molecule has 4 rings (SSSR count). The van der Waals surface area contributed by atoms with Gasteiger partial charge in [-0.1, -0.05) is 11.6 Å². The molecular formula is C18H11ClF2N4O3. The molecule has 1 aromatic carbocycles. The molecule has 1 aliphatic rings. The summed E-state index contributed by atoms with van der Waals surface area (Å²) in [6, 6.07) is 3.30. The van der Waals surface area contributed by atoms with E-state index in [1.165, 1.54) is 12.4 Å². The smallest absolute Gasteiger partial charge is 0.262 e. The van der Waals surface area contributed by atoms with Gasteiger partial charge in [-0.25, -0.2) is 13.8 Å². The summed E-state index contributed by atoms with van der Waals surface area (Å²) < 4.78 is 38.3. The van der Waals surface area contributed by atoms with Gasteiger partial charge in [-0.2, -0.15) is 0 Å². The Morgan fingerprint density at radius 1 is 1.00 bits per heavy atom. The molecule has 0 aliphatic carbocycles. The number of pyridine rings is 1. The SMILES string of the molecule is O=C(Nc1cnc(-c2cc3c(cc2Cl)OCCO3)cn1)c1c(F)cncc1F. The van der Waals surface area contributed by atoms with Crippen LogP contribution in [0.4, 0.5) is 14.6 Å². The van der Waals surface area contributed by atoms with Crippen LogP contribution in [-0.4, -0.2) is 34.1 Å². The van der Waals surface area contributed by atoms with Crippen molar-refractivity contribution in [3.63, 3.8) is 0 Å². The summed E-state index contributed by atoms with van der Waals surface area (Å²) in [5.74, 6) is -2.07. The number of carbonyl (C=O) groups excluding carboxylic acids is 1. The fourth-order valence-electron chi connectivity index (χ4n) is 2.60. The lowest BCUT2D eigenvalue weighted by Gasteiger charge is -2.19. The molecule has 3 heterocycles. The zero-order valence-corrected chi connectivity index (χ0v) is 14.8. The summed E-state index contributed by atoms with van der Waals surface area (Å²) in [5.41, 5.74) is 0.222.